The molecule has 0 spiro atoms. The zero-order valence-corrected chi connectivity index (χ0v) is 23.4. The van der Waals surface area contributed by atoms with Crippen molar-refractivity contribution in [2.24, 2.45) is 22.0 Å². The van der Waals surface area contributed by atoms with Crippen molar-refractivity contribution < 1.29 is 14.5 Å². The molecule has 3 aromatic carbocycles. The second-order valence-corrected chi connectivity index (χ2v) is 10.7. The first-order valence-corrected chi connectivity index (χ1v) is 13.2. The van der Waals surface area contributed by atoms with Crippen molar-refractivity contribution in [1.29, 1.82) is 0 Å². The van der Waals surface area contributed by atoms with Gasteiger partial charge >= 0.3 is 0 Å². The van der Waals surface area contributed by atoms with E-state index in [1.165, 1.54) is 16.1 Å². The van der Waals surface area contributed by atoms with Crippen LogP contribution < -0.4 is 10.0 Å². The second-order valence-electron chi connectivity index (χ2n) is 10.7. The number of benzene rings is 3. The molecule has 9 nitrogen and oxygen atoms in total. The molecule has 2 heterocycles. The molecule has 0 bridgehead atoms. The van der Waals surface area contributed by atoms with Crippen LogP contribution in [0.5, 0.6) is 0 Å². The Morgan fingerprint density at radius 2 is 1.18 bits per heavy atom. The van der Waals surface area contributed by atoms with Crippen molar-refractivity contribution >= 4 is 40.3 Å². The van der Waals surface area contributed by atoms with Gasteiger partial charge in [-0.2, -0.15) is 20.2 Å². The number of anilines is 2. The van der Waals surface area contributed by atoms with E-state index in [2.05, 4.69) is 10.2 Å². The maximum Gasteiger partial charge on any atom is 0.272 e. The lowest BCUT2D eigenvalue weighted by Crippen LogP contribution is -2.40. The van der Waals surface area contributed by atoms with Crippen LogP contribution >= 0.6 is 0 Å². The van der Waals surface area contributed by atoms with Gasteiger partial charge in [-0.15, -0.1) is 0 Å². The molecule has 5 rings (SSSR count). The van der Waals surface area contributed by atoms with Crippen molar-refractivity contribution in [2.45, 2.75) is 47.5 Å². The molecule has 0 aliphatic carbocycles. The quantitative estimate of drug-likeness (QED) is 0.284. The third-order valence-corrected chi connectivity index (χ3v) is 7.74. The van der Waals surface area contributed by atoms with E-state index >= 15 is 0 Å². The highest BCUT2D eigenvalue weighted by Gasteiger charge is 2.51. The van der Waals surface area contributed by atoms with Gasteiger partial charge in [0.2, 0.25) is 0 Å². The molecule has 40 heavy (non-hydrogen) atoms. The van der Waals surface area contributed by atoms with Gasteiger partial charge in [0.25, 0.3) is 17.5 Å². The number of carbonyl (C=O) groups excluding carboxylic acids is 2. The zero-order valence-electron chi connectivity index (χ0n) is 23.4. The largest absolute Gasteiger partial charge is 0.272 e. The van der Waals surface area contributed by atoms with Crippen LogP contribution in [0.25, 0.3) is 0 Å². The minimum Gasteiger partial charge on any atom is -0.272 e. The number of hydrogen-bond acceptors (Lipinski definition) is 6. The Hall–Kier alpha value is -4.66. The van der Waals surface area contributed by atoms with E-state index in [4.69, 9.17) is 0 Å². The molecule has 2 amide bonds. The molecule has 2 aliphatic rings. The number of aryl methyl sites for hydroxylation is 4. The summed E-state index contributed by atoms with van der Waals surface area (Å²) < 4.78 is 0. The lowest BCUT2D eigenvalue weighted by molar-refractivity contribution is -0.385. The van der Waals surface area contributed by atoms with Gasteiger partial charge in [-0.05, 0) is 64.8 Å². The predicted molar refractivity (Wildman–Crippen MR) is 156 cm³/mol. The highest BCUT2D eigenvalue weighted by atomic mass is 16.6. The molecule has 0 unspecified atom stereocenters. The molecular weight excluding hydrogens is 506 g/mol. The van der Waals surface area contributed by atoms with Crippen LogP contribution in [0.15, 0.2) is 70.9 Å². The average Bonchev–Trinajstić information content (AvgIpc) is 3.34. The van der Waals surface area contributed by atoms with Crippen LogP contribution in [0.4, 0.5) is 17.1 Å². The third-order valence-electron chi connectivity index (χ3n) is 7.74. The summed E-state index contributed by atoms with van der Waals surface area (Å²) in [6.07, 6.45) is 0. The average molecular weight is 538 g/mol. The van der Waals surface area contributed by atoms with E-state index in [-0.39, 0.29) is 17.5 Å². The Balaban J connectivity index is 1.64. The highest BCUT2D eigenvalue weighted by Crippen LogP contribution is 2.45. The van der Waals surface area contributed by atoms with E-state index in [1.807, 2.05) is 64.1 Å². The van der Waals surface area contributed by atoms with Gasteiger partial charge in [0.1, 0.15) is 0 Å². The third kappa shape index (κ3) is 4.47. The Morgan fingerprint density at radius 1 is 0.725 bits per heavy atom. The summed E-state index contributed by atoms with van der Waals surface area (Å²) in [5.41, 5.74) is 6.26. The van der Waals surface area contributed by atoms with Crippen LogP contribution in [0.2, 0.25) is 0 Å². The Morgan fingerprint density at radius 3 is 1.60 bits per heavy atom. The highest BCUT2D eigenvalue weighted by molar-refractivity contribution is 6.20. The molecule has 0 aromatic heterocycles. The van der Waals surface area contributed by atoms with E-state index in [9.17, 15) is 19.7 Å². The van der Waals surface area contributed by atoms with Gasteiger partial charge in [-0.25, -0.2) is 0 Å². The number of para-hydroxylation sites is 1. The minimum atomic E-state index is -0.903. The molecule has 2 aliphatic heterocycles. The number of amides is 2. The van der Waals surface area contributed by atoms with Crippen molar-refractivity contribution in [1.82, 2.24) is 0 Å². The number of nitrogens with zero attached hydrogens (tertiary/aromatic N) is 5. The Bertz CT molecular complexity index is 1530. The molecule has 204 valence electrons. The first kappa shape index (κ1) is 26.9. The molecule has 0 saturated carbocycles. The molecule has 3 aromatic rings. The molecule has 0 saturated heterocycles. The number of hydrogen-bond donors (Lipinski definition) is 0. The van der Waals surface area contributed by atoms with Gasteiger partial charge < -0.3 is 0 Å². The van der Waals surface area contributed by atoms with Gasteiger partial charge in [0, 0.05) is 29.0 Å². The number of nitro groups is 1. The van der Waals surface area contributed by atoms with Crippen molar-refractivity contribution in [3.05, 3.63) is 98.6 Å². The summed E-state index contributed by atoms with van der Waals surface area (Å²) in [6, 6.07) is 17.8. The van der Waals surface area contributed by atoms with Gasteiger partial charge in [0.15, 0.2) is 0 Å². The molecule has 0 radical (unpaired) electrons. The fourth-order valence-corrected chi connectivity index (χ4v) is 5.90. The zero-order chi connectivity index (χ0) is 28.9. The van der Waals surface area contributed by atoms with Crippen LogP contribution in [0.3, 0.4) is 0 Å². The van der Waals surface area contributed by atoms with Crippen molar-refractivity contribution in [2.75, 3.05) is 10.0 Å². The van der Waals surface area contributed by atoms with Crippen LogP contribution in [-0.4, -0.2) is 28.2 Å². The van der Waals surface area contributed by atoms with E-state index in [0.717, 1.165) is 22.3 Å². The SMILES string of the molecule is CC1=NN(c2ccc(C)cc2C)C(=O)[C@@H]1C(c1ccccc1[N+](=O)[O-])[C@H]1C(=O)N(c2ccc(C)cc2C)N=C1C. The maximum atomic E-state index is 14.1. The summed E-state index contributed by atoms with van der Waals surface area (Å²) >= 11 is 0. The Kier molecular flexibility index (Phi) is 6.83. The first-order valence-electron chi connectivity index (χ1n) is 13.2. The lowest BCUT2D eigenvalue weighted by Gasteiger charge is -2.28. The monoisotopic (exact) mass is 537 g/mol. The van der Waals surface area contributed by atoms with Crippen molar-refractivity contribution in [3.63, 3.8) is 0 Å². The van der Waals surface area contributed by atoms with Crippen LogP contribution in [0, 0.1) is 49.6 Å². The fourth-order valence-electron chi connectivity index (χ4n) is 5.90. The van der Waals surface area contributed by atoms with E-state index < -0.39 is 22.7 Å². The topological polar surface area (TPSA) is 108 Å². The summed E-state index contributed by atoms with van der Waals surface area (Å²) in [7, 11) is 0. The smallest absolute Gasteiger partial charge is 0.272 e. The number of carbonyl (C=O) groups is 2. The minimum absolute atomic E-state index is 0.149. The van der Waals surface area contributed by atoms with Gasteiger partial charge in [-0.3, -0.25) is 19.7 Å². The van der Waals surface area contributed by atoms with Crippen LogP contribution in [0.1, 0.15) is 47.6 Å². The summed E-state index contributed by atoms with van der Waals surface area (Å²) in [4.78, 5) is 40.0. The molecule has 9 heteroatoms. The van der Waals surface area contributed by atoms with E-state index in [0.29, 0.717) is 28.4 Å². The number of nitro benzene ring substituents is 1. The first-order chi connectivity index (χ1) is 19.0. The number of rotatable bonds is 6. The lowest BCUT2D eigenvalue weighted by atomic mass is 9.72. The van der Waals surface area contributed by atoms with Gasteiger partial charge in [-0.1, -0.05) is 53.6 Å². The molecule has 2 atom stereocenters. The normalized spacial score (nSPS) is 19.0. The summed E-state index contributed by atoms with van der Waals surface area (Å²) in [5.74, 6) is -3.36. The Labute approximate surface area is 233 Å². The summed E-state index contributed by atoms with van der Waals surface area (Å²) in [5, 5.41) is 24.1. The summed E-state index contributed by atoms with van der Waals surface area (Å²) in [6.45, 7) is 11.2. The fraction of sp³-hybridized carbons (Fsp3) is 0.290. The van der Waals surface area contributed by atoms with Crippen LogP contribution in [-0.2, 0) is 9.59 Å². The van der Waals surface area contributed by atoms with E-state index in [1.54, 1.807) is 32.0 Å². The maximum absolute atomic E-state index is 14.1. The number of hydrazone groups is 2. The van der Waals surface area contributed by atoms with Crippen molar-refractivity contribution in [3.8, 4) is 0 Å². The predicted octanol–water partition coefficient (Wildman–Crippen LogP) is 5.99. The van der Waals surface area contributed by atoms with Gasteiger partial charge in [0.05, 0.1) is 28.1 Å². The standard InChI is InChI=1S/C31H31N5O4/c1-17-11-13-24(19(3)15-17)34-30(37)27(21(5)32-34)29(23-9-7-8-10-26(23)36(39)40)28-22(6)33-35(31(28)38)25-14-12-18(2)16-20(25)4/h7-16,27-29H,1-6H3/t27-,28-/m0/s1. The molecule has 0 N–H and O–H groups in total. The second kappa shape index (κ2) is 10.1. The molecular formula is C31H31N5O4. The molecule has 0 fully saturated rings.